The van der Waals surface area contributed by atoms with Gasteiger partial charge in [0.05, 0.1) is 22.0 Å². The van der Waals surface area contributed by atoms with Crippen LogP contribution in [0.4, 0.5) is 0 Å². The fourth-order valence-electron chi connectivity index (χ4n) is 3.33. The Labute approximate surface area is 190 Å². The fourth-order valence-corrected chi connectivity index (χ4v) is 5.34. The molecule has 2 aromatic heterocycles. The maximum atomic E-state index is 12.9. The van der Waals surface area contributed by atoms with Gasteiger partial charge < -0.3 is 9.47 Å². The molecule has 160 valence electrons. The molecule has 2 aromatic carbocycles. The van der Waals surface area contributed by atoms with Crippen LogP contribution in [0, 0.1) is 0 Å². The first-order chi connectivity index (χ1) is 15.1. The minimum atomic E-state index is -0.0804. The standard InChI is InChI=1S/C23H25N5OS2/c1-4-28-20(14-17-10-6-5-7-11-17)25-26-23(28)30-15-21(29)27(3)16(2)22-24-18-12-8-9-13-19(18)31-22/h5-13,16H,4,14-15H2,1-3H3/t16-/m0/s1. The Morgan fingerprint density at radius 2 is 1.87 bits per heavy atom. The second-order valence-corrected chi connectivity index (χ2v) is 9.30. The van der Waals surface area contributed by atoms with E-state index in [0.29, 0.717) is 5.75 Å². The number of nitrogens with zero attached hydrogens (tertiary/aromatic N) is 5. The van der Waals surface area contributed by atoms with Crippen LogP contribution >= 0.6 is 23.1 Å². The third kappa shape index (κ3) is 4.80. The lowest BCUT2D eigenvalue weighted by molar-refractivity contribution is -0.128. The van der Waals surface area contributed by atoms with Gasteiger partial charge in [-0.15, -0.1) is 21.5 Å². The molecule has 0 saturated carbocycles. The number of hydrogen-bond acceptors (Lipinski definition) is 6. The van der Waals surface area contributed by atoms with Crippen LogP contribution in [0.25, 0.3) is 10.2 Å². The molecule has 31 heavy (non-hydrogen) atoms. The number of hydrogen-bond donors (Lipinski definition) is 0. The average Bonchev–Trinajstić information content (AvgIpc) is 3.40. The van der Waals surface area contributed by atoms with Gasteiger partial charge in [-0.05, 0) is 31.5 Å². The predicted octanol–water partition coefficient (Wildman–Crippen LogP) is 4.81. The molecular formula is C23H25N5OS2. The van der Waals surface area contributed by atoms with Gasteiger partial charge in [-0.1, -0.05) is 54.2 Å². The molecular weight excluding hydrogens is 426 g/mol. The highest BCUT2D eigenvalue weighted by Gasteiger charge is 2.22. The van der Waals surface area contributed by atoms with Crippen LogP contribution in [0.1, 0.15) is 36.3 Å². The van der Waals surface area contributed by atoms with Crippen molar-refractivity contribution in [3.8, 4) is 0 Å². The second-order valence-electron chi connectivity index (χ2n) is 7.29. The van der Waals surface area contributed by atoms with E-state index in [2.05, 4.69) is 39.9 Å². The van der Waals surface area contributed by atoms with E-state index in [-0.39, 0.29) is 11.9 Å². The summed E-state index contributed by atoms with van der Waals surface area (Å²) in [4.78, 5) is 19.3. The molecule has 0 radical (unpaired) electrons. The number of thioether (sulfide) groups is 1. The third-order valence-electron chi connectivity index (χ3n) is 5.28. The molecule has 2 heterocycles. The van der Waals surface area contributed by atoms with Crippen LogP contribution in [-0.4, -0.2) is 43.4 Å². The van der Waals surface area contributed by atoms with Gasteiger partial charge >= 0.3 is 0 Å². The Hall–Kier alpha value is -2.71. The first-order valence-electron chi connectivity index (χ1n) is 10.3. The van der Waals surface area contributed by atoms with E-state index in [0.717, 1.165) is 39.2 Å². The van der Waals surface area contributed by atoms with Gasteiger partial charge in [0, 0.05) is 20.0 Å². The van der Waals surface area contributed by atoms with Crippen LogP contribution in [0.15, 0.2) is 59.8 Å². The number of aromatic nitrogens is 4. The summed E-state index contributed by atoms with van der Waals surface area (Å²) in [6.07, 6.45) is 0.727. The lowest BCUT2D eigenvalue weighted by Gasteiger charge is -2.23. The number of amides is 1. The summed E-state index contributed by atoms with van der Waals surface area (Å²) in [5, 5.41) is 10.4. The normalized spacial score (nSPS) is 12.2. The minimum Gasteiger partial charge on any atom is -0.336 e. The zero-order valence-electron chi connectivity index (χ0n) is 17.9. The minimum absolute atomic E-state index is 0.0482. The molecule has 6 nitrogen and oxygen atoms in total. The molecule has 8 heteroatoms. The monoisotopic (exact) mass is 451 g/mol. The molecule has 1 amide bonds. The second kappa shape index (κ2) is 9.62. The number of para-hydroxylation sites is 1. The number of benzene rings is 2. The van der Waals surface area contributed by atoms with E-state index in [4.69, 9.17) is 4.98 Å². The zero-order valence-corrected chi connectivity index (χ0v) is 19.5. The summed E-state index contributed by atoms with van der Waals surface area (Å²) in [5.74, 6) is 1.28. The number of rotatable bonds is 8. The summed E-state index contributed by atoms with van der Waals surface area (Å²) in [6.45, 7) is 4.86. The number of carbonyl (C=O) groups excluding carboxylic acids is 1. The molecule has 0 bridgehead atoms. The molecule has 0 unspecified atom stereocenters. The maximum absolute atomic E-state index is 12.9. The van der Waals surface area contributed by atoms with Crippen LogP contribution in [-0.2, 0) is 17.8 Å². The van der Waals surface area contributed by atoms with Crippen LogP contribution in [0.5, 0.6) is 0 Å². The van der Waals surface area contributed by atoms with Crippen molar-refractivity contribution < 1.29 is 4.79 Å². The first-order valence-corrected chi connectivity index (χ1v) is 12.1. The Morgan fingerprint density at radius 3 is 2.61 bits per heavy atom. The summed E-state index contributed by atoms with van der Waals surface area (Å²) in [5.41, 5.74) is 2.17. The van der Waals surface area contributed by atoms with Gasteiger partial charge in [-0.3, -0.25) is 4.79 Å². The Bertz CT molecular complexity index is 1140. The Balaban J connectivity index is 1.40. The van der Waals surface area contributed by atoms with Crippen molar-refractivity contribution >= 4 is 39.2 Å². The van der Waals surface area contributed by atoms with E-state index < -0.39 is 0 Å². The van der Waals surface area contributed by atoms with Crippen LogP contribution < -0.4 is 0 Å². The van der Waals surface area contributed by atoms with Crippen molar-refractivity contribution in [1.29, 1.82) is 0 Å². The van der Waals surface area contributed by atoms with Crippen molar-refractivity contribution in [2.24, 2.45) is 0 Å². The highest BCUT2D eigenvalue weighted by atomic mass is 32.2. The van der Waals surface area contributed by atoms with Crippen molar-refractivity contribution in [3.05, 3.63) is 71.0 Å². The first kappa shape index (κ1) is 21.5. The Kier molecular flexibility index (Phi) is 6.67. The van der Waals surface area contributed by atoms with Gasteiger partial charge in [-0.2, -0.15) is 0 Å². The van der Waals surface area contributed by atoms with E-state index in [9.17, 15) is 4.79 Å². The van der Waals surface area contributed by atoms with Crippen molar-refractivity contribution in [3.63, 3.8) is 0 Å². The smallest absolute Gasteiger partial charge is 0.233 e. The molecule has 0 aliphatic rings. The van der Waals surface area contributed by atoms with E-state index >= 15 is 0 Å². The van der Waals surface area contributed by atoms with Crippen molar-refractivity contribution in [2.45, 2.75) is 38.0 Å². The predicted molar refractivity (Wildman–Crippen MR) is 126 cm³/mol. The quantitative estimate of drug-likeness (QED) is 0.360. The summed E-state index contributed by atoms with van der Waals surface area (Å²) >= 11 is 3.08. The van der Waals surface area contributed by atoms with Gasteiger partial charge in [-0.25, -0.2) is 4.98 Å². The number of carbonyl (C=O) groups is 1. The lowest BCUT2D eigenvalue weighted by Crippen LogP contribution is -2.31. The van der Waals surface area contributed by atoms with E-state index in [1.54, 1.807) is 16.2 Å². The summed E-state index contributed by atoms with van der Waals surface area (Å²) < 4.78 is 3.23. The van der Waals surface area contributed by atoms with Gasteiger partial charge in [0.15, 0.2) is 5.16 Å². The molecule has 4 rings (SSSR count). The molecule has 1 atom stereocenters. The highest BCUT2D eigenvalue weighted by molar-refractivity contribution is 7.99. The zero-order chi connectivity index (χ0) is 21.8. The van der Waals surface area contributed by atoms with Gasteiger partial charge in [0.1, 0.15) is 10.8 Å². The van der Waals surface area contributed by atoms with Gasteiger partial charge in [0.25, 0.3) is 0 Å². The van der Waals surface area contributed by atoms with Gasteiger partial charge in [0.2, 0.25) is 5.91 Å². The Morgan fingerprint density at radius 1 is 1.13 bits per heavy atom. The van der Waals surface area contributed by atoms with E-state index in [1.165, 1.54) is 17.3 Å². The number of thiazole rings is 1. The molecule has 0 spiro atoms. The number of fused-ring (bicyclic) bond motifs is 1. The summed E-state index contributed by atoms with van der Waals surface area (Å²) in [6, 6.07) is 18.2. The average molecular weight is 452 g/mol. The molecule has 0 fully saturated rings. The van der Waals surface area contributed by atoms with Crippen molar-refractivity contribution in [2.75, 3.05) is 12.8 Å². The summed E-state index contributed by atoms with van der Waals surface area (Å²) in [7, 11) is 1.84. The topological polar surface area (TPSA) is 63.9 Å². The van der Waals surface area contributed by atoms with Crippen LogP contribution in [0.3, 0.4) is 0 Å². The third-order valence-corrected chi connectivity index (χ3v) is 7.44. The van der Waals surface area contributed by atoms with Crippen LogP contribution in [0.2, 0.25) is 0 Å². The SMILES string of the molecule is CCn1c(Cc2ccccc2)nnc1SCC(=O)N(C)[C@@H](C)c1nc2ccccc2s1. The molecule has 4 aromatic rings. The highest BCUT2D eigenvalue weighted by Crippen LogP contribution is 2.29. The molecule has 0 aliphatic carbocycles. The molecule has 0 aliphatic heterocycles. The fraction of sp³-hybridized carbons (Fsp3) is 0.304. The largest absolute Gasteiger partial charge is 0.336 e. The van der Waals surface area contributed by atoms with Crippen molar-refractivity contribution in [1.82, 2.24) is 24.6 Å². The lowest BCUT2D eigenvalue weighted by atomic mass is 10.1. The van der Waals surface area contributed by atoms with E-state index in [1.807, 2.05) is 50.4 Å². The molecule has 0 saturated heterocycles. The maximum Gasteiger partial charge on any atom is 0.233 e. The molecule has 0 N–H and O–H groups in total.